The van der Waals surface area contributed by atoms with E-state index in [-0.39, 0.29) is 0 Å². The van der Waals surface area contributed by atoms with E-state index in [2.05, 4.69) is 156 Å². The second kappa shape index (κ2) is 13.8. The number of nitrogens with one attached hydrogen (secondary N) is 2. The molecule has 0 bridgehead atoms. The number of benzene rings is 6. The van der Waals surface area contributed by atoms with Gasteiger partial charge in [-0.15, -0.1) is 0 Å². The molecule has 2 unspecified atom stereocenters. The lowest BCUT2D eigenvalue weighted by Crippen LogP contribution is -2.34. The summed E-state index contributed by atoms with van der Waals surface area (Å²) < 4.78 is 0. The Hall–Kier alpha value is -6.88. The molecule has 6 aromatic carbocycles. The zero-order valence-electron chi connectivity index (χ0n) is 28.6. The third-order valence-electron chi connectivity index (χ3n) is 10.2. The highest BCUT2D eigenvalue weighted by atomic mass is 15.0. The molecule has 0 saturated carbocycles. The third kappa shape index (κ3) is 5.98. The summed E-state index contributed by atoms with van der Waals surface area (Å²) in [6.45, 7) is 0. The molecule has 2 aliphatic rings. The lowest BCUT2D eigenvalue weighted by atomic mass is 9.81. The van der Waals surface area contributed by atoms with Crippen LogP contribution >= 0.6 is 0 Å². The van der Waals surface area contributed by atoms with Crippen LogP contribution in [0.25, 0.3) is 32.7 Å². The van der Waals surface area contributed by atoms with E-state index < -0.39 is 11.1 Å². The molecule has 2 atom stereocenters. The van der Waals surface area contributed by atoms with Gasteiger partial charge in [0, 0.05) is 11.4 Å². The molecule has 0 aliphatic heterocycles. The molecule has 2 N–H and O–H groups in total. The Morgan fingerprint density at radius 1 is 0.462 bits per heavy atom. The largest absolute Gasteiger partial charge is 0.372 e. The highest BCUT2D eigenvalue weighted by Crippen LogP contribution is 2.40. The number of hydrogen-bond acceptors (Lipinski definition) is 4. The Labute approximate surface area is 304 Å². The molecule has 0 saturated heterocycles. The maximum Gasteiger partial charge on any atom is 0.101 e. The van der Waals surface area contributed by atoms with E-state index in [0.29, 0.717) is 22.3 Å². The topological polar surface area (TPSA) is 71.6 Å². The molecule has 6 aromatic rings. The van der Waals surface area contributed by atoms with Crippen LogP contribution in [0.15, 0.2) is 182 Å². The summed E-state index contributed by atoms with van der Waals surface area (Å²) in [5.74, 6) is 0. The summed E-state index contributed by atoms with van der Waals surface area (Å²) in [6.07, 6.45) is 18.8. The molecule has 0 heterocycles. The minimum absolute atomic E-state index is 0.339. The number of anilines is 2. The van der Waals surface area contributed by atoms with Crippen molar-refractivity contribution in [2.45, 2.75) is 23.9 Å². The molecule has 8 rings (SSSR count). The van der Waals surface area contributed by atoms with Gasteiger partial charge in [-0.25, -0.2) is 0 Å². The Kier molecular flexibility index (Phi) is 8.58. The van der Waals surface area contributed by atoms with Crippen LogP contribution in [0.3, 0.4) is 0 Å². The summed E-state index contributed by atoms with van der Waals surface area (Å²) in [4.78, 5) is 0. The number of allylic oxidation sites excluding steroid dienone is 6. The number of nitrogens with zero attached hydrogens (tertiary/aromatic N) is 2. The van der Waals surface area contributed by atoms with Gasteiger partial charge in [-0.1, -0.05) is 158 Å². The van der Waals surface area contributed by atoms with Crippen molar-refractivity contribution in [3.05, 3.63) is 204 Å². The fourth-order valence-corrected chi connectivity index (χ4v) is 7.67. The van der Waals surface area contributed by atoms with Crippen molar-refractivity contribution in [3.8, 4) is 12.1 Å². The Balaban J connectivity index is 1.08. The fraction of sp³-hybridized carbons (Fsp3) is 0.0833. The van der Waals surface area contributed by atoms with Gasteiger partial charge >= 0.3 is 0 Å². The first-order valence-corrected chi connectivity index (χ1v) is 17.6. The van der Waals surface area contributed by atoms with Gasteiger partial charge in [0.1, 0.15) is 12.1 Å². The predicted octanol–water partition coefficient (Wildman–Crippen LogP) is 11.6. The minimum atomic E-state index is -0.436. The second-order valence-corrected chi connectivity index (χ2v) is 13.4. The monoisotopic (exact) mass is 668 g/mol. The van der Waals surface area contributed by atoms with E-state index in [1.807, 2.05) is 48.5 Å². The summed E-state index contributed by atoms with van der Waals surface area (Å²) in [6, 6.07) is 50.1. The molecular formula is C48H36N4. The molecule has 0 radical (unpaired) electrons. The minimum Gasteiger partial charge on any atom is -0.372 e. The van der Waals surface area contributed by atoms with Gasteiger partial charge in [0.2, 0.25) is 0 Å². The molecule has 4 heteroatoms. The van der Waals surface area contributed by atoms with Crippen LogP contribution in [0.1, 0.15) is 35.1 Å². The molecule has 0 amide bonds. The van der Waals surface area contributed by atoms with E-state index in [0.717, 1.165) is 24.2 Å². The molecular weight excluding hydrogens is 633 g/mol. The Morgan fingerprint density at radius 2 is 0.865 bits per heavy atom. The first kappa shape index (κ1) is 32.3. The van der Waals surface area contributed by atoms with Gasteiger partial charge in [0.05, 0.1) is 22.2 Å². The van der Waals surface area contributed by atoms with Crippen LogP contribution in [-0.2, 0) is 11.1 Å². The smallest absolute Gasteiger partial charge is 0.101 e. The Morgan fingerprint density at radius 3 is 1.25 bits per heavy atom. The molecule has 0 fully saturated rings. The summed E-state index contributed by atoms with van der Waals surface area (Å²) in [5, 5.41) is 33.2. The predicted molar refractivity (Wildman–Crippen MR) is 215 cm³/mol. The molecule has 2 aliphatic carbocycles. The molecule has 4 nitrogen and oxygen atoms in total. The number of hydrogen-bond donors (Lipinski definition) is 2. The van der Waals surface area contributed by atoms with Crippen LogP contribution in [0.5, 0.6) is 0 Å². The SMILES string of the molecule is N#CC(=C(C#N)c1ccc(NC2(c3cccc4ccccc34)C=CC=CC2)cc1)c1ccc(NC2(c3cccc4ccccc34)C=CC=CC2)cc1. The normalized spacial score (nSPS) is 19.5. The summed E-state index contributed by atoms with van der Waals surface area (Å²) in [5.41, 5.74) is 5.46. The number of nitriles is 2. The van der Waals surface area contributed by atoms with E-state index in [1.165, 1.54) is 32.7 Å². The third-order valence-corrected chi connectivity index (χ3v) is 10.2. The number of rotatable bonds is 8. The van der Waals surface area contributed by atoms with Crippen LogP contribution in [0, 0.1) is 22.7 Å². The lowest BCUT2D eigenvalue weighted by molar-refractivity contribution is 0.623. The molecule has 52 heavy (non-hydrogen) atoms. The first-order chi connectivity index (χ1) is 25.6. The quantitative estimate of drug-likeness (QED) is 0.125. The summed E-state index contributed by atoms with van der Waals surface area (Å²) in [7, 11) is 0. The van der Waals surface area contributed by atoms with E-state index in [1.54, 1.807) is 0 Å². The van der Waals surface area contributed by atoms with Crippen LogP contribution < -0.4 is 10.6 Å². The average molecular weight is 669 g/mol. The zero-order valence-corrected chi connectivity index (χ0v) is 28.6. The van der Waals surface area contributed by atoms with Crippen molar-refractivity contribution in [1.82, 2.24) is 0 Å². The van der Waals surface area contributed by atoms with Crippen molar-refractivity contribution in [1.29, 1.82) is 10.5 Å². The van der Waals surface area contributed by atoms with Gasteiger partial charge in [0.25, 0.3) is 0 Å². The molecule has 0 aromatic heterocycles. The van der Waals surface area contributed by atoms with E-state index in [4.69, 9.17) is 0 Å². The van der Waals surface area contributed by atoms with E-state index in [9.17, 15) is 10.5 Å². The van der Waals surface area contributed by atoms with Crippen molar-refractivity contribution >= 4 is 44.1 Å². The standard InChI is InChI=1S/C48H36N4/c49-33-43(37-21-25-39(26-22-37)51-47(29-7-1-8-30-47)45-19-11-15-35-13-3-5-17-41(35)45)44(34-50)38-23-27-40(28-24-38)52-48(31-9-2-10-32-48)46-20-12-16-36-14-4-6-18-42(36)46/h1-29,31,51-52H,30,32H2. The highest BCUT2D eigenvalue weighted by molar-refractivity contribution is 6.03. The molecule has 248 valence electrons. The average Bonchev–Trinajstić information content (AvgIpc) is 3.21. The van der Waals surface area contributed by atoms with Gasteiger partial charge in [0.15, 0.2) is 0 Å². The van der Waals surface area contributed by atoms with Crippen LogP contribution in [-0.4, -0.2) is 0 Å². The van der Waals surface area contributed by atoms with Crippen molar-refractivity contribution < 1.29 is 0 Å². The first-order valence-electron chi connectivity index (χ1n) is 17.6. The van der Waals surface area contributed by atoms with Crippen molar-refractivity contribution in [2.75, 3.05) is 10.6 Å². The molecule has 0 spiro atoms. The number of fused-ring (bicyclic) bond motifs is 2. The van der Waals surface area contributed by atoms with Crippen molar-refractivity contribution in [3.63, 3.8) is 0 Å². The van der Waals surface area contributed by atoms with Crippen LogP contribution in [0.2, 0.25) is 0 Å². The highest BCUT2D eigenvalue weighted by Gasteiger charge is 2.32. The fourth-order valence-electron chi connectivity index (χ4n) is 7.67. The van der Waals surface area contributed by atoms with Gasteiger partial charge < -0.3 is 10.6 Å². The van der Waals surface area contributed by atoms with Gasteiger partial charge in [-0.05, 0) is 80.9 Å². The second-order valence-electron chi connectivity index (χ2n) is 13.4. The van der Waals surface area contributed by atoms with Crippen molar-refractivity contribution in [2.24, 2.45) is 0 Å². The zero-order chi connectivity index (χ0) is 35.4. The maximum absolute atomic E-state index is 10.4. The summed E-state index contributed by atoms with van der Waals surface area (Å²) >= 11 is 0. The lowest BCUT2D eigenvalue weighted by Gasteiger charge is -2.35. The Bertz CT molecular complexity index is 2350. The van der Waals surface area contributed by atoms with Crippen LogP contribution in [0.4, 0.5) is 11.4 Å². The van der Waals surface area contributed by atoms with Gasteiger partial charge in [-0.2, -0.15) is 10.5 Å². The maximum atomic E-state index is 10.4. The van der Waals surface area contributed by atoms with Gasteiger partial charge in [-0.3, -0.25) is 0 Å². The van der Waals surface area contributed by atoms with E-state index >= 15 is 0 Å².